The molecule has 1 aromatic carbocycles. The summed E-state index contributed by atoms with van der Waals surface area (Å²) in [5, 5.41) is 5.09. The number of hydrogen-bond acceptors (Lipinski definition) is 6. The number of nitrogens with zero attached hydrogens (tertiary/aromatic N) is 1. The molecule has 0 aliphatic carbocycles. The quantitative estimate of drug-likeness (QED) is 0.454. The van der Waals surface area contributed by atoms with Crippen molar-refractivity contribution < 1.29 is 28.7 Å². The molecule has 0 unspecified atom stereocenters. The Kier molecular flexibility index (Phi) is 7.68. The molecule has 0 bridgehead atoms. The van der Waals surface area contributed by atoms with Gasteiger partial charge in [0.15, 0.2) is 6.61 Å². The first-order chi connectivity index (χ1) is 14.2. The van der Waals surface area contributed by atoms with E-state index >= 15 is 0 Å². The van der Waals surface area contributed by atoms with Crippen LogP contribution in [0.25, 0.3) is 0 Å². The highest BCUT2D eigenvalue weighted by atomic mass is 16.5. The summed E-state index contributed by atoms with van der Waals surface area (Å²) in [4.78, 5) is 62.7. The normalized spacial score (nSPS) is 14.9. The van der Waals surface area contributed by atoms with E-state index in [1.54, 1.807) is 26.0 Å². The highest BCUT2D eigenvalue weighted by molar-refractivity contribution is 6.22. The monoisotopic (exact) mass is 417 g/mol. The number of carbonyl (C=O) groups is 5. The first-order valence-corrected chi connectivity index (χ1v) is 9.89. The van der Waals surface area contributed by atoms with Crippen molar-refractivity contribution in [1.82, 2.24) is 15.5 Å². The van der Waals surface area contributed by atoms with Crippen molar-refractivity contribution in [3.05, 3.63) is 35.4 Å². The molecule has 1 aromatic rings. The van der Waals surface area contributed by atoms with Gasteiger partial charge in [0.05, 0.1) is 11.1 Å². The Morgan fingerprint density at radius 3 is 2.10 bits per heavy atom. The summed E-state index contributed by atoms with van der Waals surface area (Å²) in [5.41, 5.74) is 0.455. The van der Waals surface area contributed by atoms with Crippen molar-refractivity contribution in [2.24, 2.45) is 5.92 Å². The minimum atomic E-state index is -1.17. The van der Waals surface area contributed by atoms with Gasteiger partial charge in [-0.3, -0.25) is 24.1 Å². The fourth-order valence-electron chi connectivity index (χ4n) is 3.11. The number of benzene rings is 1. The van der Waals surface area contributed by atoms with Crippen molar-refractivity contribution in [1.29, 1.82) is 0 Å². The number of esters is 1. The third-order valence-electron chi connectivity index (χ3n) is 4.64. The zero-order valence-electron chi connectivity index (χ0n) is 17.6. The van der Waals surface area contributed by atoms with Gasteiger partial charge >= 0.3 is 5.97 Å². The maximum atomic E-state index is 12.7. The summed E-state index contributed by atoms with van der Waals surface area (Å²) in [5.74, 6) is -3.44. The Morgan fingerprint density at radius 1 is 1.03 bits per heavy atom. The predicted octanol–water partition coefficient (Wildman–Crippen LogP) is 0.881. The lowest BCUT2D eigenvalue weighted by Crippen LogP contribution is -2.50. The van der Waals surface area contributed by atoms with E-state index < -0.39 is 48.3 Å². The molecule has 1 heterocycles. The summed E-state index contributed by atoms with van der Waals surface area (Å²) in [6, 6.07) is 4.36. The highest BCUT2D eigenvalue weighted by Crippen LogP contribution is 2.27. The van der Waals surface area contributed by atoms with Crippen molar-refractivity contribution in [3.8, 4) is 0 Å². The van der Waals surface area contributed by atoms with Gasteiger partial charge < -0.3 is 15.4 Å². The molecule has 2 N–H and O–H groups in total. The molecular formula is C21H27N3O6. The number of nitrogens with one attached hydrogen (secondary N) is 2. The number of hydrogen-bond donors (Lipinski definition) is 2. The van der Waals surface area contributed by atoms with Gasteiger partial charge in [0.1, 0.15) is 12.1 Å². The second kappa shape index (κ2) is 10.00. The maximum absolute atomic E-state index is 12.7. The Bertz CT molecular complexity index is 816. The van der Waals surface area contributed by atoms with Crippen LogP contribution in [0.3, 0.4) is 0 Å². The van der Waals surface area contributed by atoms with Crippen LogP contribution < -0.4 is 10.6 Å². The van der Waals surface area contributed by atoms with Gasteiger partial charge in [-0.25, -0.2) is 4.79 Å². The lowest BCUT2D eigenvalue weighted by atomic mass is 10.0. The average molecular weight is 417 g/mol. The van der Waals surface area contributed by atoms with Crippen LogP contribution >= 0.6 is 0 Å². The predicted molar refractivity (Wildman–Crippen MR) is 107 cm³/mol. The fraction of sp³-hybridized carbons (Fsp3) is 0.476. The van der Waals surface area contributed by atoms with E-state index in [1.807, 2.05) is 6.92 Å². The van der Waals surface area contributed by atoms with E-state index in [9.17, 15) is 24.0 Å². The van der Waals surface area contributed by atoms with E-state index in [2.05, 4.69) is 10.6 Å². The van der Waals surface area contributed by atoms with E-state index in [0.29, 0.717) is 6.54 Å². The molecule has 2 atom stereocenters. The fourth-order valence-corrected chi connectivity index (χ4v) is 3.11. The average Bonchev–Trinajstić information content (AvgIpc) is 2.95. The Labute approximate surface area is 175 Å². The topological polar surface area (TPSA) is 122 Å². The third kappa shape index (κ3) is 5.03. The van der Waals surface area contributed by atoms with Gasteiger partial charge in [0.25, 0.3) is 17.7 Å². The molecule has 1 aliphatic rings. The molecule has 4 amide bonds. The number of imide groups is 1. The molecule has 0 fully saturated rings. The van der Waals surface area contributed by atoms with Gasteiger partial charge in [-0.2, -0.15) is 0 Å². The lowest BCUT2D eigenvalue weighted by Gasteiger charge is -2.27. The van der Waals surface area contributed by atoms with Gasteiger partial charge in [0, 0.05) is 6.54 Å². The molecule has 0 saturated heterocycles. The number of carbonyl (C=O) groups excluding carboxylic acids is 5. The van der Waals surface area contributed by atoms with Gasteiger partial charge in [0.2, 0.25) is 5.91 Å². The van der Waals surface area contributed by atoms with E-state index in [1.165, 1.54) is 19.1 Å². The van der Waals surface area contributed by atoms with Crippen molar-refractivity contribution in [2.45, 2.75) is 46.2 Å². The van der Waals surface area contributed by atoms with Crippen LogP contribution in [-0.2, 0) is 19.1 Å². The number of rotatable bonds is 9. The number of amides is 4. The van der Waals surface area contributed by atoms with Crippen LogP contribution in [0.2, 0.25) is 0 Å². The summed E-state index contributed by atoms with van der Waals surface area (Å²) < 4.78 is 5.07. The largest absolute Gasteiger partial charge is 0.454 e. The molecule has 162 valence electrons. The molecular weight excluding hydrogens is 390 g/mol. The second-order valence-corrected chi connectivity index (χ2v) is 7.40. The Balaban J connectivity index is 2.00. The standard InChI is InChI=1S/C21H27N3O6/c1-5-10-22-18(26)13(4)23-16(25)11-30-21(29)17(12(2)3)24-19(27)14-8-6-7-9-15(14)20(24)28/h6-9,12-13,17H,5,10-11H2,1-4H3,(H,22,26)(H,23,25)/t13-,17-/m1/s1. The Hall–Kier alpha value is -3.23. The molecule has 1 aliphatic heterocycles. The summed E-state index contributed by atoms with van der Waals surface area (Å²) in [6.07, 6.45) is 0.762. The maximum Gasteiger partial charge on any atom is 0.330 e. The number of fused-ring (bicyclic) bond motifs is 1. The first-order valence-electron chi connectivity index (χ1n) is 9.89. The molecule has 0 radical (unpaired) electrons. The smallest absolute Gasteiger partial charge is 0.330 e. The Morgan fingerprint density at radius 2 is 1.60 bits per heavy atom. The first kappa shape index (κ1) is 23.1. The lowest BCUT2D eigenvalue weighted by molar-refractivity contribution is -0.153. The van der Waals surface area contributed by atoms with Crippen LogP contribution in [0.15, 0.2) is 24.3 Å². The third-order valence-corrected chi connectivity index (χ3v) is 4.64. The minimum Gasteiger partial charge on any atom is -0.454 e. The van der Waals surface area contributed by atoms with Crippen molar-refractivity contribution in [3.63, 3.8) is 0 Å². The minimum absolute atomic E-state index is 0.227. The van der Waals surface area contributed by atoms with Gasteiger partial charge in [-0.05, 0) is 31.4 Å². The molecule has 0 spiro atoms. The van der Waals surface area contributed by atoms with Crippen LogP contribution in [0.1, 0.15) is 54.8 Å². The van der Waals surface area contributed by atoms with Crippen LogP contribution in [0, 0.1) is 5.92 Å². The molecule has 30 heavy (non-hydrogen) atoms. The molecule has 0 saturated carbocycles. The van der Waals surface area contributed by atoms with E-state index in [4.69, 9.17) is 4.74 Å². The summed E-state index contributed by atoms with van der Waals surface area (Å²) in [7, 11) is 0. The van der Waals surface area contributed by atoms with Gasteiger partial charge in [-0.15, -0.1) is 0 Å². The van der Waals surface area contributed by atoms with Crippen molar-refractivity contribution >= 4 is 29.6 Å². The van der Waals surface area contributed by atoms with Gasteiger partial charge in [-0.1, -0.05) is 32.9 Å². The second-order valence-electron chi connectivity index (χ2n) is 7.40. The molecule has 2 rings (SSSR count). The van der Waals surface area contributed by atoms with Crippen LogP contribution in [-0.4, -0.2) is 59.7 Å². The van der Waals surface area contributed by atoms with Crippen molar-refractivity contribution in [2.75, 3.05) is 13.2 Å². The van der Waals surface area contributed by atoms with E-state index in [0.717, 1.165) is 11.3 Å². The highest BCUT2D eigenvalue weighted by Gasteiger charge is 2.44. The SMILES string of the molecule is CCCNC(=O)[C@@H](C)NC(=O)COC(=O)[C@@H](C(C)C)N1C(=O)c2ccccc2C1=O. The zero-order valence-corrected chi connectivity index (χ0v) is 17.6. The molecule has 9 nitrogen and oxygen atoms in total. The molecule has 9 heteroatoms. The summed E-state index contributed by atoms with van der Waals surface area (Å²) in [6.45, 7) is 6.63. The number of ether oxygens (including phenoxy) is 1. The van der Waals surface area contributed by atoms with Crippen LogP contribution in [0.5, 0.6) is 0 Å². The van der Waals surface area contributed by atoms with Crippen LogP contribution in [0.4, 0.5) is 0 Å². The zero-order chi connectivity index (χ0) is 22.4. The molecule has 0 aromatic heterocycles. The van der Waals surface area contributed by atoms with E-state index in [-0.39, 0.29) is 17.0 Å². The summed E-state index contributed by atoms with van der Waals surface area (Å²) >= 11 is 0.